The lowest BCUT2D eigenvalue weighted by atomic mass is 9.72. The van der Waals surface area contributed by atoms with E-state index in [0.717, 1.165) is 49.9 Å². The molecule has 13 nitrogen and oxygen atoms in total. The Hall–Kier alpha value is -4.06. The first-order chi connectivity index (χ1) is 23.0. The summed E-state index contributed by atoms with van der Waals surface area (Å²) in [5.41, 5.74) is 12.4. The van der Waals surface area contributed by atoms with E-state index in [1.54, 1.807) is 19.3 Å². The molecule has 2 aliphatic heterocycles. The van der Waals surface area contributed by atoms with Gasteiger partial charge in [0.2, 0.25) is 17.6 Å². The highest BCUT2D eigenvalue weighted by atomic mass is 32.1. The quantitative estimate of drug-likeness (QED) is 0.227. The largest absolute Gasteiger partial charge is 0.473 e. The van der Waals surface area contributed by atoms with E-state index < -0.39 is 11.3 Å². The van der Waals surface area contributed by atoms with Gasteiger partial charge in [0.1, 0.15) is 23.0 Å². The van der Waals surface area contributed by atoms with E-state index in [0.29, 0.717) is 60.5 Å². The van der Waals surface area contributed by atoms with Crippen LogP contribution in [0.3, 0.4) is 0 Å². The highest BCUT2D eigenvalue weighted by molar-refractivity contribution is 7.16. The van der Waals surface area contributed by atoms with Gasteiger partial charge in [0.05, 0.1) is 23.1 Å². The Labute approximate surface area is 285 Å². The number of fused-ring (bicyclic) bond motifs is 1. The molecule has 48 heavy (non-hydrogen) atoms. The summed E-state index contributed by atoms with van der Waals surface area (Å²) >= 11 is 1.36. The molecule has 3 fully saturated rings. The molecule has 4 aliphatic rings. The lowest BCUT2D eigenvalue weighted by Gasteiger charge is -2.42. The number of likely N-dealkylation sites (tertiary alicyclic amines) is 1. The van der Waals surface area contributed by atoms with Gasteiger partial charge >= 0.3 is 0 Å². The fourth-order valence-corrected chi connectivity index (χ4v) is 8.76. The summed E-state index contributed by atoms with van der Waals surface area (Å²) in [4.78, 5) is 48.1. The fourth-order valence-electron chi connectivity index (χ4n) is 7.56. The lowest BCUT2D eigenvalue weighted by Crippen LogP contribution is -2.57. The van der Waals surface area contributed by atoms with Crippen molar-refractivity contribution in [2.75, 3.05) is 57.6 Å². The third-order valence-corrected chi connectivity index (χ3v) is 11.5. The molecule has 2 aromatic rings. The molecule has 2 aliphatic carbocycles. The molecule has 0 aromatic carbocycles. The summed E-state index contributed by atoms with van der Waals surface area (Å²) in [7, 11) is 3.70. The van der Waals surface area contributed by atoms with Gasteiger partial charge in [0.15, 0.2) is 5.84 Å². The maximum atomic E-state index is 13.9. The van der Waals surface area contributed by atoms with Gasteiger partial charge in [-0.05, 0) is 72.4 Å². The molecular formula is C34H45N9O4S. The number of hydrogen-bond donors (Lipinski definition) is 2. The van der Waals surface area contributed by atoms with Crippen LogP contribution in [-0.2, 0) is 26.2 Å². The van der Waals surface area contributed by atoms with E-state index in [2.05, 4.69) is 32.9 Å². The summed E-state index contributed by atoms with van der Waals surface area (Å²) in [6.07, 6.45) is 9.15. The molecule has 14 heteroatoms. The van der Waals surface area contributed by atoms with Gasteiger partial charge in [-0.25, -0.2) is 4.98 Å². The highest BCUT2D eigenvalue weighted by Crippen LogP contribution is 2.47. The van der Waals surface area contributed by atoms with Crippen LogP contribution >= 0.6 is 11.3 Å². The minimum Gasteiger partial charge on any atom is -0.473 e. The van der Waals surface area contributed by atoms with Crippen LogP contribution in [0.1, 0.15) is 74.2 Å². The van der Waals surface area contributed by atoms with E-state index in [-0.39, 0.29) is 35.3 Å². The average molecular weight is 676 g/mol. The third-order valence-electron chi connectivity index (χ3n) is 10.4. The Bertz CT molecular complexity index is 1680. The Balaban J connectivity index is 1.31. The van der Waals surface area contributed by atoms with Crippen LogP contribution in [0.4, 0.5) is 10.8 Å². The molecule has 0 unspecified atom stereocenters. The van der Waals surface area contributed by atoms with Crippen LogP contribution in [-0.4, -0.2) is 102 Å². The van der Waals surface area contributed by atoms with Crippen LogP contribution in [0.5, 0.6) is 5.88 Å². The Morgan fingerprint density at radius 2 is 2.04 bits per heavy atom. The van der Waals surface area contributed by atoms with Crippen LogP contribution in [0.25, 0.3) is 0 Å². The van der Waals surface area contributed by atoms with Crippen molar-refractivity contribution in [1.29, 1.82) is 5.26 Å². The Morgan fingerprint density at radius 1 is 1.25 bits per heavy atom. The number of nitrogens with zero attached hydrogens (tertiary/aromatic N) is 7. The predicted molar refractivity (Wildman–Crippen MR) is 184 cm³/mol. The summed E-state index contributed by atoms with van der Waals surface area (Å²) in [5, 5.41) is 10.3. The maximum absolute atomic E-state index is 13.9. The van der Waals surface area contributed by atoms with Crippen molar-refractivity contribution in [3.63, 3.8) is 0 Å². The highest BCUT2D eigenvalue weighted by Gasteiger charge is 2.53. The number of nitriles is 1. The van der Waals surface area contributed by atoms with E-state index in [1.807, 2.05) is 24.8 Å². The van der Waals surface area contributed by atoms with Crippen molar-refractivity contribution >= 4 is 39.8 Å². The molecule has 1 saturated carbocycles. The minimum absolute atomic E-state index is 0.0210. The number of nitrogen functional groups attached to an aromatic ring is 1. The van der Waals surface area contributed by atoms with E-state index >= 15 is 0 Å². The minimum atomic E-state index is -1.05. The second-order valence-corrected chi connectivity index (χ2v) is 14.8. The number of carbonyl (C=O) groups is 2. The zero-order chi connectivity index (χ0) is 34.2. The van der Waals surface area contributed by atoms with Gasteiger partial charge in [-0.15, -0.1) is 11.3 Å². The number of rotatable bonds is 9. The molecule has 6 rings (SSSR count). The molecule has 1 spiro atoms. The number of amidine groups is 1. The second kappa shape index (κ2) is 13.4. The Morgan fingerprint density at radius 3 is 2.73 bits per heavy atom. The van der Waals surface area contributed by atoms with Gasteiger partial charge in [-0.1, -0.05) is 6.08 Å². The van der Waals surface area contributed by atoms with Gasteiger partial charge in [-0.2, -0.15) is 15.2 Å². The fraction of sp³-hybridized carbons (Fsp3) is 0.588. The number of likely N-dealkylation sites (N-methyl/N-ethyl adjacent to an activating group) is 1. The summed E-state index contributed by atoms with van der Waals surface area (Å²) in [6, 6.07) is 4.25. The number of ether oxygens (including phenoxy) is 2. The first-order valence-corrected chi connectivity index (χ1v) is 17.5. The second-order valence-electron chi connectivity index (χ2n) is 13.6. The summed E-state index contributed by atoms with van der Waals surface area (Å²) in [6.45, 7) is 6.92. The van der Waals surface area contributed by atoms with Crippen molar-refractivity contribution in [3.8, 4) is 11.9 Å². The number of piperazine rings is 1. The first kappa shape index (κ1) is 33.8. The van der Waals surface area contributed by atoms with Crippen molar-refractivity contribution in [2.24, 2.45) is 10.7 Å². The molecular weight excluding hydrogens is 630 g/mol. The van der Waals surface area contributed by atoms with Crippen LogP contribution in [0.15, 0.2) is 23.2 Å². The zero-order valence-corrected chi connectivity index (χ0v) is 29.0. The number of methoxy groups -OCH3 is 1. The number of aryl methyl sites for hydroxylation is 1. The molecule has 3 atom stereocenters. The molecule has 0 radical (unpaired) electrons. The molecule has 4 heterocycles. The van der Waals surface area contributed by atoms with E-state index in [9.17, 15) is 14.9 Å². The van der Waals surface area contributed by atoms with Gasteiger partial charge in [0, 0.05) is 55.4 Å². The van der Waals surface area contributed by atoms with Crippen molar-refractivity contribution in [2.45, 2.75) is 81.9 Å². The van der Waals surface area contributed by atoms with Crippen LogP contribution < -0.4 is 21.1 Å². The average Bonchev–Trinajstić information content (AvgIpc) is 3.52. The van der Waals surface area contributed by atoms with Crippen molar-refractivity contribution < 1.29 is 19.1 Å². The Kier molecular flexibility index (Phi) is 9.48. The summed E-state index contributed by atoms with van der Waals surface area (Å²) < 4.78 is 11.5. The van der Waals surface area contributed by atoms with Gasteiger partial charge < -0.3 is 30.7 Å². The summed E-state index contributed by atoms with van der Waals surface area (Å²) in [5.74, 6) is 0.446. The maximum Gasteiger partial charge on any atom is 0.258 e. The molecule has 0 bridgehead atoms. The molecule has 2 amide bonds. The smallest absolute Gasteiger partial charge is 0.258 e. The monoisotopic (exact) mass is 675 g/mol. The zero-order valence-electron chi connectivity index (χ0n) is 28.2. The number of carbonyl (C=O) groups excluding carboxylic acids is 2. The lowest BCUT2D eigenvalue weighted by molar-refractivity contribution is -0.129. The SMILES string of the molecule is COC/C=C\C(=O)N1CCN(c2cc(O[C@@H](C)[C@@H]3CCCN3C)nc(C(N)=NC(=O)[C@@]3(C)CCCc4sc(N)c(C#N)c43)n2)CC12CC2. The normalized spacial score (nSPS) is 24.5. The third kappa shape index (κ3) is 6.38. The molecule has 2 aromatic heterocycles. The van der Waals surface area contributed by atoms with Crippen molar-refractivity contribution in [3.05, 3.63) is 40.0 Å². The number of aromatic nitrogens is 2. The first-order valence-electron chi connectivity index (χ1n) is 16.7. The van der Waals surface area contributed by atoms with Crippen LogP contribution in [0.2, 0.25) is 0 Å². The molecule has 4 N–H and O–H groups in total. The number of thiophene rings is 1. The molecule has 256 valence electrons. The van der Waals surface area contributed by atoms with Gasteiger partial charge in [-0.3, -0.25) is 14.5 Å². The number of anilines is 2. The number of nitrogens with two attached hydrogens (primary N) is 2. The standard InChI is InChI=1S/C34H45N9O4S/c1-21(23-8-6-14-41(23)3)47-26-18-25(42-15-16-43(34(20-42)12-13-34)27(44)10-7-17-46-4)38-31(39-26)29(36)40-32(45)33(2)11-5-9-24-28(33)22(19-35)30(37)48-24/h7,10,18,21,23H,5-6,8-9,11-17,20,37H2,1-4H3,(H2,36,40,45)/b10-7-/t21-,23-,33-/m0/s1. The van der Waals surface area contributed by atoms with E-state index in [4.69, 9.17) is 25.9 Å². The van der Waals surface area contributed by atoms with E-state index in [1.165, 1.54) is 11.3 Å². The number of amides is 2. The predicted octanol–water partition coefficient (Wildman–Crippen LogP) is 2.76. The van der Waals surface area contributed by atoms with Crippen LogP contribution in [0, 0.1) is 11.3 Å². The number of hydrogen-bond acceptors (Lipinski definition) is 11. The molecule has 2 saturated heterocycles. The number of aliphatic imine (C=N–C) groups is 1. The van der Waals surface area contributed by atoms with Gasteiger partial charge in [0.25, 0.3) is 5.91 Å². The van der Waals surface area contributed by atoms with Crippen molar-refractivity contribution in [1.82, 2.24) is 19.8 Å². The topological polar surface area (TPSA) is 176 Å².